The number of hydrogen-bond acceptors (Lipinski definition) is 5. The molecular formula is C28H21Cl2N3O4S. The molecule has 0 aliphatic carbocycles. The normalized spacial score (nSPS) is 14.5. The molecule has 1 aliphatic rings. The van der Waals surface area contributed by atoms with E-state index in [2.05, 4.69) is 5.32 Å². The lowest BCUT2D eigenvalue weighted by Gasteiger charge is -2.12. The molecule has 3 amide bonds. The first-order valence-corrected chi connectivity index (χ1v) is 13.1. The van der Waals surface area contributed by atoms with Crippen LogP contribution in [-0.2, 0) is 16.1 Å². The Balaban J connectivity index is 1.36. The van der Waals surface area contributed by atoms with Gasteiger partial charge in [-0.25, -0.2) is 0 Å². The van der Waals surface area contributed by atoms with E-state index in [1.54, 1.807) is 49.6 Å². The number of para-hydroxylation sites is 1. The first-order valence-electron chi connectivity index (χ1n) is 11.5. The van der Waals surface area contributed by atoms with Crippen LogP contribution < -0.4 is 10.1 Å². The topological polar surface area (TPSA) is 80.6 Å². The second-order valence-corrected chi connectivity index (χ2v) is 10.3. The van der Waals surface area contributed by atoms with Crippen LogP contribution in [-0.4, -0.2) is 40.2 Å². The predicted octanol–water partition coefficient (Wildman–Crippen LogP) is 6.68. The lowest BCUT2D eigenvalue weighted by Crippen LogP contribution is -2.36. The number of fused-ring (bicyclic) bond motifs is 1. The van der Waals surface area contributed by atoms with Gasteiger partial charge in [-0.1, -0.05) is 47.5 Å². The Hall–Kier alpha value is -3.72. The Kier molecular flexibility index (Phi) is 7.46. The predicted molar refractivity (Wildman–Crippen MR) is 152 cm³/mol. The van der Waals surface area contributed by atoms with Crippen molar-refractivity contribution < 1.29 is 19.1 Å². The average molecular weight is 566 g/mol. The van der Waals surface area contributed by atoms with Gasteiger partial charge in [-0.2, -0.15) is 0 Å². The number of imide groups is 1. The maximum atomic E-state index is 13.1. The molecule has 0 unspecified atom stereocenters. The number of benzene rings is 3. The van der Waals surface area contributed by atoms with Crippen molar-refractivity contribution in [2.45, 2.75) is 6.54 Å². The van der Waals surface area contributed by atoms with Crippen molar-refractivity contribution in [1.82, 2.24) is 9.47 Å². The second-order valence-electron chi connectivity index (χ2n) is 8.51. The summed E-state index contributed by atoms with van der Waals surface area (Å²) in [7, 11) is 1.55. The zero-order valence-electron chi connectivity index (χ0n) is 20.1. The number of amides is 3. The summed E-state index contributed by atoms with van der Waals surface area (Å²) in [6.07, 6.45) is 3.61. The zero-order chi connectivity index (χ0) is 26.8. The van der Waals surface area contributed by atoms with Crippen molar-refractivity contribution >= 4 is 74.7 Å². The summed E-state index contributed by atoms with van der Waals surface area (Å²) in [5.41, 5.74) is 3.15. The van der Waals surface area contributed by atoms with Crippen LogP contribution in [0, 0.1) is 0 Å². The fourth-order valence-corrected chi connectivity index (χ4v) is 5.45. The molecular weight excluding hydrogens is 545 g/mol. The largest absolute Gasteiger partial charge is 0.497 e. The molecule has 0 saturated carbocycles. The van der Waals surface area contributed by atoms with Crippen molar-refractivity contribution in [3.63, 3.8) is 0 Å². The molecule has 2 heterocycles. The van der Waals surface area contributed by atoms with E-state index in [0.29, 0.717) is 28.0 Å². The van der Waals surface area contributed by atoms with E-state index in [1.165, 1.54) is 0 Å². The maximum absolute atomic E-state index is 13.1. The number of ether oxygens (including phenoxy) is 1. The quantitative estimate of drug-likeness (QED) is 0.253. The Morgan fingerprint density at radius 3 is 2.55 bits per heavy atom. The molecule has 192 valence electrons. The number of methoxy groups -OCH3 is 1. The number of carbonyl (C=O) groups excluding carboxylic acids is 3. The van der Waals surface area contributed by atoms with Crippen LogP contribution in [0.5, 0.6) is 5.75 Å². The van der Waals surface area contributed by atoms with Crippen LogP contribution in [0.25, 0.3) is 17.0 Å². The monoisotopic (exact) mass is 565 g/mol. The summed E-state index contributed by atoms with van der Waals surface area (Å²) in [4.78, 5) is 39.5. The number of anilines is 1. The molecule has 38 heavy (non-hydrogen) atoms. The molecule has 0 radical (unpaired) electrons. The molecule has 1 aliphatic heterocycles. The Morgan fingerprint density at radius 2 is 1.82 bits per heavy atom. The summed E-state index contributed by atoms with van der Waals surface area (Å²) in [5.74, 6) is -0.339. The van der Waals surface area contributed by atoms with Crippen molar-refractivity contribution in [1.29, 1.82) is 0 Å². The minimum atomic E-state index is -0.512. The Morgan fingerprint density at radius 1 is 1.05 bits per heavy atom. The first-order chi connectivity index (χ1) is 18.3. The lowest BCUT2D eigenvalue weighted by atomic mass is 10.1. The fourth-order valence-electron chi connectivity index (χ4n) is 4.15. The van der Waals surface area contributed by atoms with Gasteiger partial charge >= 0.3 is 0 Å². The number of halogens is 2. The van der Waals surface area contributed by atoms with Crippen molar-refractivity contribution in [3.05, 3.63) is 99.0 Å². The third-order valence-corrected chi connectivity index (χ3v) is 7.51. The third-order valence-electron chi connectivity index (χ3n) is 6.01. The van der Waals surface area contributed by atoms with Gasteiger partial charge in [0.05, 0.1) is 12.0 Å². The van der Waals surface area contributed by atoms with Gasteiger partial charge in [0, 0.05) is 44.9 Å². The van der Waals surface area contributed by atoms with Gasteiger partial charge in [0.25, 0.3) is 11.1 Å². The van der Waals surface area contributed by atoms with Crippen LogP contribution in [0.4, 0.5) is 10.5 Å². The molecule has 5 rings (SSSR count). The van der Waals surface area contributed by atoms with Gasteiger partial charge in [-0.3, -0.25) is 19.3 Å². The van der Waals surface area contributed by atoms with E-state index in [9.17, 15) is 14.4 Å². The van der Waals surface area contributed by atoms with E-state index in [4.69, 9.17) is 27.9 Å². The van der Waals surface area contributed by atoms with Crippen LogP contribution in [0.3, 0.4) is 0 Å². The molecule has 1 N–H and O–H groups in total. The summed E-state index contributed by atoms with van der Waals surface area (Å²) >= 11 is 13.2. The highest BCUT2D eigenvalue weighted by atomic mass is 35.5. The molecule has 0 atom stereocenters. The van der Waals surface area contributed by atoms with Gasteiger partial charge in [-0.15, -0.1) is 0 Å². The molecule has 0 bridgehead atoms. The molecule has 10 heteroatoms. The number of carbonyl (C=O) groups is 3. The second kappa shape index (κ2) is 10.9. The molecule has 0 spiro atoms. The van der Waals surface area contributed by atoms with Gasteiger partial charge < -0.3 is 14.6 Å². The molecule has 3 aromatic carbocycles. The van der Waals surface area contributed by atoms with Crippen molar-refractivity contribution in [2.24, 2.45) is 0 Å². The number of nitrogens with zero attached hydrogens (tertiary/aromatic N) is 2. The summed E-state index contributed by atoms with van der Waals surface area (Å²) < 4.78 is 7.14. The molecule has 1 aromatic heterocycles. The maximum Gasteiger partial charge on any atom is 0.294 e. The first kappa shape index (κ1) is 25.9. The Bertz CT molecular complexity index is 1600. The van der Waals surface area contributed by atoms with E-state index in [-0.39, 0.29) is 11.4 Å². The van der Waals surface area contributed by atoms with Crippen LogP contribution in [0.2, 0.25) is 10.0 Å². The van der Waals surface area contributed by atoms with Gasteiger partial charge in [-0.05, 0) is 65.9 Å². The standard InChI is InChI=1S/C28H21Cl2N3O4S/c1-37-21-10-8-20(9-11-21)31-26(34)16-33-27(35)25(38-28(33)36)12-18-15-32(24-5-3-2-4-22(18)24)14-17-6-7-19(29)13-23(17)30/h2-13,15H,14,16H2,1H3,(H,31,34)/b25-12+. The lowest BCUT2D eigenvalue weighted by molar-refractivity contribution is -0.127. The van der Waals surface area contributed by atoms with Crippen molar-refractivity contribution in [2.75, 3.05) is 19.0 Å². The minimum Gasteiger partial charge on any atom is -0.497 e. The fraction of sp³-hybridized carbons (Fsp3) is 0.107. The van der Waals surface area contributed by atoms with E-state index in [0.717, 1.165) is 38.7 Å². The zero-order valence-corrected chi connectivity index (χ0v) is 22.4. The summed E-state index contributed by atoms with van der Waals surface area (Å²) in [6.45, 7) is 0.113. The number of rotatable bonds is 7. The van der Waals surface area contributed by atoms with Gasteiger partial charge in [0.1, 0.15) is 12.3 Å². The van der Waals surface area contributed by atoms with E-state index < -0.39 is 17.1 Å². The summed E-state index contributed by atoms with van der Waals surface area (Å²) in [5, 5.41) is 4.23. The molecule has 1 saturated heterocycles. The molecule has 4 aromatic rings. The number of thioether (sulfide) groups is 1. The molecule has 1 fully saturated rings. The highest BCUT2D eigenvalue weighted by Gasteiger charge is 2.36. The van der Waals surface area contributed by atoms with Crippen LogP contribution in [0.15, 0.2) is 77.8 Å². The highest BCUT2D eigenvalue weighted by molar-refractivity contribution is 8.18. The smallest absolute Gasteiger partial charge is 0.294 e. The third kappa shape index (κ3) is 5.43. The van der Waals surface area contributed by atoms with E-state index in [1.807, 2.05) is 41.1 Å². The van der Waals surface area contributed by atoms with Crippen LogP contribution >= 0.6 is 35.0 Å². The average Bonchev–Trinajstić information content (AvgIpc) is 3.38. The number of aromatic nitrogens is 1. The van der Waals surface area contributed by atoms with Gasteiger partial charge in [0.15, 0.2) is 0 Å². The molecule has 7 nitrogen and oxygen atoms in total. The minimum absolute atomic E-state index is 0.250. The Labute approximate surface area is 233 Å². The SMILES string of the molecule is COc1ccc(NC(=O)CN2C(=O)S/C(=C/c3cn(Cc4ccc(Cl)cc4Cl)c4ccccc34)C2=O)cc1. The number of nitrogens with one attached hydrogen (secondary N) is 1. The van der Waals surface area contributed by atoms with E-state index >= 15 is 0 Å². The summed E-state index contributed by atoms with van der Waals surface area (Å²) in [6, 6.07) is 19.9. The number of hydrogen-bond donors (Lipinski definition) is 1. The van der Waals surface area contributed by atoms with Crippen molar-refractivity contribution in [3.8, 4) is 5.75 Å². The van der Waals surface area contributed by atoms with Crippen LogP contribution in [0.1, 0.15) is 11.1 Å². The highest BCUT2D eigenvalue weighted by Crippen LogP contribution is 2.34. The van der Waals surface area contributed by atoms with Gasteiger partial charge in [0.2, 0.25) is 5.91 Å².